The van der Waals surface area contributed by atoms with Crippen molar-refractivity contribution in [3.63, 3.8) is 0 Å². The summed E-state index contributed by atoms with van der Waals surface area (Å²) in [4.78, 5) is 3.43. The highest BCUT2D eigenvalue weighted by Gasteiger charge is 2.30. The number of hydrogen-bond donors (Lipinski definition) is 0. The SMILES string of the molecule is [C-]#[N+][C@H]1CO[C@@H](c2ccc(F)cc2)C1. The van der Waals surface area contributed by atoms with E-state index in [-0.39, 0.29) is 18.0 Å². The number of nitrogens with zero attached hydrogens (tertiary/aromatic N) is 1. The minimum absolute atomic E-state index is 0.0327. The van der Waals surface area contributed by atoms with Gasteiger partial charge in [-0.25, -0.2) is 11.0 Å². The van der Waals surface area contributed by atoms with Crippen molar-refractivity contribution in [2.45, 2.75) is 18.6 Å². The van der Waals surface area contributed by atoms with Gasteiger partial charge in [-0.05, 0) is 17.7 Å². The summed E-state index contributed by atoms with van der Waals surface area (Å²) >= 11 is 0. The summed E-state index contributed by atoms with van der Waals surface area (Å²) in [5.41, 5.74) is 0.956. The molecule has 0 saturated carbocycles. The Morgan fingerprint density at radius 1 is 1.36 bits per heavy atom. The number of hydrogen-bond acceptors (Lipinski definition) is 1. The quantitative estimate of drug-likeness (QED) is 0.622. The van der Waals surface area contributed by atoms with E-state index in [9.17, 15) is 4.39 Å². The lowest BCUT2D eigenvalue weighted by atomic mass is 10.1. The van der Waals surface area contributed by atoms with Crippen molar-refractivity contribution in [1.82, 2.24) is 0 Å². The number of rotatable bonds is 1. The molecule has 0 aromatic heterocycles. The van der Waals surface area contributed by atoms with E-state index in [1.165, 1.54) is 12.1 Å². The average molecular weight is 191 g/mol. The monoisotopic (exact) mass is 191 g/mol. The Hall–Kier alpha value is -1.40. The molecule has 1 aliphatic heterocycles. The molecule has 1 aromatic carbocycles. The van der Waals surface area contributed by atoms with Gasteiger partial charge in [-0.1, -0.05) is 12.1 Å². The summed E-state index contributed by atoms with van der Waals surface area (Å²) in [7, 11) is 0. The molecule has 2 nitrogen and oxygen atoms in total. The van der Waals surface area contributed by atoms with Crippen LogP contribution in [0.15, 0.2) is 24.3 Å². The largest absolute Gasteiger partial charge is 0.365 e. The number of benzene rings is 1. The Labute approximate surface area is 82.1 Å². The molecule has 72 valence electrons. The lowest BCUT2D eigenvalue weighted by Crippen LogP contribution is -1.98. The lowest BCUT2D eigenvalue weighted by molar-refractivity contribution is 0.111. The van der Waals surface area contributed by atoms with Crippen LogP contribution in [0.5, 0.6) is 0 Å². The van der Waals surface area contributed by atoms with Gasteiger partial charge in [-0.15, -0.1) is 0 Å². The standard InChI is InChI=1S/C11H10FNO/c1-13-10-6-11(14-7-10)8-2-4-9(12)5-3-8/h2-5,10-11H,6-7H2/t10-,11-/m1/s1. The van der Waals surface area contributed by atoms with E-state index in [0.717, 1.165) is 12.0 Å². The molecular weight excluding hydrogens is 181 g/mol. The van der Waals surface area contributed by atoms with Gasteiger partial charge in [0, 0.05) is 0 Å². The normalized spacial score (nSPS) is 26.0. The highest BCUT2D eigenvalue weighted by atomic mass is 19.1. The second kappa shape index (κ2) is 3.77. The molecule has 3 heteroatoms. The van der Waals surface area contributed by atoms with E-state index in [4.69, 9.17) is 11.3 Å². The maximum Gasteiger partial charge on any atom is 0.249 e. The molecule has 1 aromatic rings. The first-order valence-corrected chi connectivity index (χ1v) is 4.53. The molecule has 1 aliphatic rings. The average Bonchev–Trinajstić information content (AvgIpc) is 2.67. The summed E-state index contributed by atoms with van der Waals surface area (Å²) in [6.45, 7) is 7.36. The van der Waals surface area contributed by atoms with Gasteiger partial charge in [0.1, 0.15) is 12.4 Å². The van der Waals surface area contributed by atoms with E-state index in [1.54, 1.807) is 12.1 Å². The van der Waals surface area contributed by atoms with Crippen LogP contribution in [0.1, 0.15) is 18.1 Å². The van der Waals surface area contributed by atoms with Crippen LogP contribution in [0.25, 0.3) is 4.85 Å². The topological polar surface area (TPSA) is 13.6 Å². The van der Waals surface area contributed by atoms with Gasteiger partial charge in [0.2, 0.25) is 6.04 Å². The summed E-state index contributed by atoms with van der Waals surface area (Å²) in [6.07, 6.45) is 0.685. The van der Waals surface area contributed by atoms with Crippen molar-refractivity contribution in [2.24, 2.45) is 0 Å². The predicted octanol–water partition coefficient (Wildman–Crippen LogP) is 2.57. The van der Waals surface area contributed by atoms with Crippen molar-refractivity contribution in [3.05, 3.63) is 47.1 Å². The fourth-order valence-corrected chi connectivity index (χ4v) is 1.61. The van der Waals surface area contributed by atoms with Crippen molar-refractivity contribution in [1.29, 1.82) is 0 Å². The third-order valence-corrected chi connectivity index (χ3v) is 2.40. The maximum absolute atomic E-state index is 12.6. The highest BCUT2D eigenvalue weighted by Crippen LogP contribution is 2.30. The van der Waals surface area contributed by atoms with E-state index in [2.05, 4.69) is 4.85 Å². The van der Waals surface area contributed by atoms with Crippen LogP contribution in [-0.2, 0) is 4.74 Å². The second-order valence-electron chi connectivity index (χ2n) is 3.39. The molecule has 2 rings (SSSR count). The molecule has 0 unspecified atom stereocenters. The Morgan fingerprint density at radius 2 is 2.07 bits per heavy atom. The van der Waals surface area contributed by atoms with Crippen LogP contribution in [0.2, 0.25) is 0 Å². The smallest absolute Gasteiger partial charge is 0.249 e. The first kappa shape index (κ1) is 9.17. The zero-order valence-electron chi connectivity index (χ0n) is 7.61. The molecule has 0 radical (unpaired) electrons. The predicted molar refractivity (Wildman–Crippen MR) is 50.1 cm³/mol. The van der Waals surface area contributed by atoms with Crippen LogP contribution >= 0.6 is 0 Å². The van der Waals surface area contributed by atoms with E-state index < -0.39 is 0 Å². The molecular formula is C11H10FNO. The molecule has 1 heterocycles. The van der Waals surface area contributed by atoms with Gasteiger partial charge in [0.15, 0.2) is 0 Å². The van der Waals surface area contributed by atoms with Gasteiger partial charge >= 0.3 is 0 Å². The molecule has 0 amide bonds. The zero-order chi connectivity index (χ0) is 9.97. The van der Waals surface area contributed by atoms with E-state index >= 15 is 0 Å². The first-order valence-electron chi connectivity index (χ1n) is 4.53. The van der Waals surface area contributed by atoms with Gasteiger partial charge in [-0.2, -0.15) is 0 Å². The molecule has 0 N–H and O–H groups in total. The van der Waals surface area contributed by atoms with Gasteiger partial charge in [0.25, 0.3) is 0 Å². The Morgan fingerprint density at radius 3 is 2.64 bits per heavy atom. The minimum atomic E-state index is -0.242. The van der Waals surface area contributed by atoms with Crippen LogP contribution in [0.4, 0.5) is 4.39 Å². The summed E-state index contributed by atoms with van der Waals surface area (Å²) in [6, 6.07) is 6.23. The Bertz CT molecular complexity index is 355. The fraction of sp³-hybridized carbons (Fsp3) is 0.364. The molecule has 1 saturated heterocycles. The van der Waals surface area contributed by atoms with E-state index in [1.807, 2.05) is 0 Å². The molecule has 2 atom stereocenters. The van der Waals surface area contributed by atoms with Crippen molar-refractivity contribution in [2.75, 3.05) is 6.61 Å². The van der Waals surface area contributed by atoms with Crippen LogP contribution in [-0.4, -0.2) is 12.6 Å². The molecule has 0 aliphatic carbocycles. The highest BCUT2D eigenvalue weighted by molar-refractivity contribution is 5.20. The summed E-state index contributed by atoms with van der Waals surface area (Å²) in [5.74, 6) is -0.242. The van der Waals surface area contributed by atoms with Gasteiger partial charge in [0.05, 0.1) is 12.5 Å². The molecule has 0 bridgehead atoms. The first-order chi connectivity index (χ1) is 6.79. The van der Waals surface area contributed by atoms with Crippen molar-refractivity contribution < 1.29 is 9.13 Å². The molecule has 14 heavy (non-hydrogen) atoms. The maximum atomic E-state index is 12.6. The zero-order valence-corrected chi connectivity index (χ0v) is 7.61. The summed E-state index contributed by atoms with van der Waals surface area (Å²) < 4.78 is 18.1. The molecule has 0 spiro atoms. The Kier molecular flexibility index (Phi) is 2.47. The second-order valence-corrected chi connectivity index (χ2v) is 3.39. The lowest BCUT2D eigenvalue weighted by Gasteiger charge is -2.07. The third kappa shape index (κ3) is 1.75. The molecule has 1 fully saturated rings. The van der Waals surface area contributed by atoms with Crippen LogP contribution < -0.4 is 0 Å². The third-order valence-electron chi connectivity index (χ3n) is 2.40. The Balaban J connectivity index is 2.10. The van der Waals surface area contributed by atoms with Gasteiger partial charge < -0.3 is 9.58 Å². The van der Waals surface area contributed by atoms with Crippen LogP contribution in [0, 0.1) is 12.4 Å². The minimum Gasteiger partial charge on any atom is -0.365 e. The number of halogens is 1. The number of ether oxygens (including phenoxy) is 1. The summed E-state index contributed by atoms with van der Waals surface area (Å²) in [5, 5.41) is 0. The van der Waals surface area contributed by atoms with Crippen LogP contribution in [0.3, 0.4) is 0 Å². The van der Waals surface area contributed by atoms with Gasteiger partial charge in [-0.3, -0.25) is 0 Å². The van der Waals surface area contributed by atoms with Crippen molar-refractivity contribution in [3.8, 4) is 0 Å². The fourth-order valence-electron chi connectivity index (χ4n) is 1.61. The van der Waals surface area contributed by atoms with E-state index in [0.29, 0.717) is 6.61 Å². The van der Waals surface area contributed by atoms with Crippen molar-refractivity contribution >= 4 is 0 Å².